The van der Waals surface area contributed by atoms with Crippen molar-refractivity contribution < 1.29 is 27.1 Å². The van der Waals surface area contributed by atoms with Crippen LogP contribution in [0.2, 0.25) is 0 Å². The van der Waals surface area contributed by atoms with E-state index < -0.39 is 27.7 Å². The van der Waals surface area contributed by atoms with E-state index in [9.17, 15) is 17.6 Å². The summed E-state index contributed by atoms with van der Waals surface area (Å²) < 4.78 is 55.0. The second-order valence-corrected chi connectivity index (χ2v) is 10.7. The highest BCUT2D eigenvalue weighted by Gasteiger charge is 2.44. The first-order valence-corrected chi connectivity index (χ1v) is 12.3. The maximum atomic E-state index is 14.0. The second-order valence-electron chi connectivity index (χ2n) is 7.83. The lowest BCUT2D eigenvalue weighted by Gasteiger charge is -2.40. The molecule has 1 aromatic carbocycles. The number of nitrogens with one attached hydrogen (secondary N) is 1. The lowest BCUT2D eigenvalue weighted by atomic mass is 9.98. The number of piperidine rings is 2. The Morgan fingerprint density at radius 3 is 2.53 bits per heavy atom. The quantitative estimate of drug-likeness (QED) is 0.678. The average molecular weight is 506 g/mol. The Morgan fingerprint density at radius 1 is 1.17 bits per heavy atom. The minimum absolute atomic E-state index is 0.0843. The van der Waals surface area contributed by atoms with Crippen LogP contribution in [-0.4, -0.2) is 68.1 Å². The van der Waals surface area contributed by atoms with E-state index >= 15 is 0 Å². The number of hydrogen-bond acceptors (Lipinski definition) is 5. The van der Waals surface area contributed by atoms with Crippen molar-refractivity contribution in [3.05, 3.63) is 28.5 Å². The third-order valence-corrected chi connectivity index (χ3v) is 8.39. The number of hydrogen-bond donors (Lipinski definition) is 1. The van der Waals surface area contributed by atoms with Gasteiger partial charge in [-0.1, -0.05) is 15.9 Å². The van der Waals surface area contributed by atoms with Gasteiger partial charge in [0.2, 0.25) is 5.91 Å². The molecular weight excluding hydrogens is 481 g/mol. The van der Waals surface area contributed by atoms with Crippen LogP contribution in [-0.2, 0) is 24.5 Å². The number of carbonyl (C=O) groups excluding carboxylic acids is 1. The van der Waals surface area contributed by atoms with Crippen molar-refractivity contribution >= 4 is 37.7 Å². The molecule has 1 unspecified atom stereocenters. The molecule has 11 heteroatoms. The van der Waals surface area contributed by atoms with Crippen LogP contribution < -0.4 is 5.32 Å². The molecule has 3 saturated heterocycles. The van der Waals surface area contributed by atoms with Crippen LogP contribution in [0.25, 0.3) is 0 Å². The molecule has 3 aliphatic heterocycles. The highest BCUT2D eigenvalue weighted by atomic mass is 79.9. The minimum Gasteiger partial charge on any atom is -0.347 e. The molecule has 0 saturated carbocycles. The highest BCUT2D eigenvalue weighted by Crippen LogP contribution is 2.33. The smallest absolute Gasteiger partial charge is 0.282 e. The van der Waals surface area contributed by atoms with Crippen molar-refractivity contribution in [1.29, 1.82) is 0 Å². The van der Waals surface area contributed by atoms with Crippen LogP contribution in [0.3, 0.4) is 0 Å². The number of halogens is 2. The molecule has 1 spiro atoms. The Labute approximate surface area is 184 Å². The van der Waals surface area contributed by atoms with Gasteiger partial charge in [-0.15, -0.1) is 0 Å². The molecule has 166 valence electrons. The van der Waals surface area contributed by atoms with Crippen LogP contribution in [0.15, 0.2) is 22.7 Å². The summed E-state index contributed by atoms with van der Waals surface area (Å²) in [6, 6.07) is 4.39. The van der Waals surface area contributed by atoms with E-state index in [2.05, 4.69) is 21.2 Å². The maximum absolute atomic E-state index is 14.0. The Balaban J connectivity index is 1.38. The van der Waals surface area contributed by atoms with E-state index in [0.717, 1.165) is 0 Å². The van der Waals surface area contributed by atoms with Gasteiger partial charge in [0.1, 0.15) is 5.82 Å². The van der Waals surface area contributed by atoms with Crippen LogP contribution in [0, 0.1) is 11.7 Å². The Hall–Kier alpha value is -1.11. The van der Waals surface area contributed by atoms with Gasteiger partial charge in [-0.25, -0.2) is 4.39 Å². The summed E-state index contributed by atoms with van der Waals surface area (Å²) in [6.07, 6.45) is 2.12. The molecule has 30 heavy (non-hydrogen) atoms. The van der Waals surface area contributed by atoms with Gasteiger partial charge in [0, 0.05) is 43.5 Å². The molecule has 3 aliphatic rings. The molecule has 3 fully saturated rings. The first kappa shape index (κ1) is 22.1. The molecule has 0 aromatic heterocycles. The fourth-order valence-corrected chi connectivity index (χ4v) is 6.23. The average Bonchev–Trinajstić information content (AvgIpc) is 3.18. The lowest BCUT2D eigenvalue weighted by molar-refractivity contribution is -0.179. The highest BCUT2D eigenvalue weighted by molar-refractivity contribution is 9.10. The van der Waals surface area contributed by atoms with Crippen LogP contribution in [0.5, 0.6) is 0 Å². The molecule has 1 N–H and O–H groups in total. The molecule has 1 amide bonds. The van der Waals surface area contributed by atoms with E-state index in [-0.39, 0.29) is 18.1 Å². The number of ether oxygens (including phenoxy) is 2. The van der Waals surface area contributed by atoms with Gasteiger partial charge >= 0.3 is 0 Å². The summed E-state index contributed by atoms with van der Waals surface area (Å²) in [6.45, 7) is 2.16. The summed E-state index contributed by atoms with van der Waals surface area (Å²) in [5.74, 6) is -2.10. The van der Waals surface area contributed by atoms with E-state index in [1.165, 1.54) is 20.7 Å². The SMILES string of the molecule is O=C(Nc1ccc(Br)cc1F)C1CCCN(S(=O)(=O)N2CCC3(CC2)OCCO3)C1. The summed E-state index contributed by atoms with van der Waals surface area (Å²) in [7, 11) is -3.69. The summed E-state index contributed by atoms with van der Waals surface area (Å²) in [4.78, 5) is 12.7. The Kier molecular flexibility index (Phi) is 6.48. The molecule has 3 heterocycles. The zero-order chi connectivity index (χ0) is 21.4. The standard InChI is InChI=1S/C19H25BrFN3O5S/c20-15-3-4-17(16(21)12-15)22-18(25)14-2-1-7-24(13-14)30(26,27)23-8-5-19(6-9-23)28-10-11-29-19/h3-4,12,14H,1-2,5-11,13H2,(H,22,25). The van der Waals surface area contributed by atoms with E-state index in [0.29, 0.717) is 63.0 Å². The largest absolute Gasteiger partial charge is 0.347 e. The van der Waals surface area contributed by atoms with Gasteiger partial charge in [0.15, 0.2) is 5.79 Å². The van der Waals surface area contributed by atoms with Gasteiger partial charge < -0.3 is 14.8 Å². The Bertz CT molecular complexity index is 899. The monoisotopic (exact) mass is 505 g/mol. The molecule has 8 nitrogen and oxygen atoms in total. The first-order valence-electron chi connectivity index (χ1n) is 10.1. The topological polar surface area (TPSA) is 88.2 Å². The van der Waals surface area contributed by atoms with Crippen LogP contribution >= 0.6 is 15.9 Å². The third kappa shape index (κ3) is 4.56. The summed E-state index contributed by atoms with van der Waals surface area (Å²) in [5, 5.41) is 2.59. The first-order chi connectivity index (χ1) is 14.3. The number of carbonyl (C=O) groups is 1. The number of nitrogens with zero attached hydrogens (tertiary/aromatic N) is 2. The fraction of sp³-hybridized carbons (Fsp3) is 0.632. The van der Waals surface area contributed by atoms with Crippen molar-refractivity contribution in [3.8, 4) is 0 Å². The van der Waals surface area contributed by atoms with E-state index in [1.807, 2.05) is 0 Å². The van der Waals surface area contributed by atoms with Crippen molar-refractivity contribution in [2.24, 2.45) is 5.92 Å². The fourth-order valence-electron chi connectivity index (χ4n) is 4.20. The zero-order valence-corrected chi connectivity index (χ0v) is 18.9. The normalized spacial score (nSPS) is 25.5. The van der Waals surface area contributed by atoms with Gasteiger partial charge in [0.25, 0.3) is 10.2 Å². The van der Waals surface area contributed by atoms with Crippen molar-refractivity contribution in [2.45, 2.75) is 31.5 Å². The van der Waals surface area contributed by atoms with Crippen LogP contribution in [0.4, 0.5) is 10.1 Å². The van der Waals surface area contributed by atoms with E-state index in [1.54, 1.807) is 6.07 Å². The van der Waals surface area contributed by atoms with Crippen molar-refractivity contribution in [3.63, 3.8) is 0 Å². The molecular formula is C19H25BrFN3O5S. The van der Waals surface area contributed by atoms with Gasteiger partial charge in [-0.05, 0) is 31.0 Å². The van der Waals surface area contributed by atoms with Gasteiger partial charge in [-0.3, -0.25) is 4.79 Å². The van der Waals surface area contributed by atoms with Crippen molar-refractivity contribution in [2.75, 3.05) is 44.7 Å². The number of rotatable bonds is 4. The minimum atomic E-state index is -3.69. The number of anilines is 1. The van der Waals surface area contributed by atoms with E-state index in [4.69, 9.17) is 9.47 Å². The maximum Gasteiger partial charge on any atom is 0.282 e. The van der Waals surface area contributed by atoms with Crippen LogP contribution in [0.1, 0.15) is 25.7 Å². The molecule has 4 rings (SSSR count). The predicted molar refractivity (Wildman–Crippen MR) is 111 cm³/mol. The zero-order valence-electron chi connectivity index (χ0n) is 16.5. The second kappa shape index (κ2) is 8.79. The molecule has 0 aliphatic carbocycles. The lowest BCUT2D eigenvalue weighted by Crippen LogP contribution is -2.54. The predicted octanol–water partition coefficient (Wildman–Crippen LogP) is 2.32. The molecule has 1 atom stereocenters. The molecule has 0 radical (unpaired) electrons. The number of benzene rings is 1. The Morgan fingerprint density at radius 2 is 1.87 bits per heavy atom. The van der Waals surface area contributed by atoms with Gasteiger partial charge in [0.05, 0.1) is 24.8 Å². The summed E-state index contributed by atoms with van der Waals surface area (Å²) in [5.41, 5.74) is 0.0843. The summed E-state index contributed by atoms with van der Waals surface area (Å²) >= 11 is 3.18. The van der Waals surface area contributed by atoms with Crippen molar-refractivity contribution in [1.82, 2.24) is 8.61 Å². The third-order valence-electron chi connectivity index (χ3n) is 5.89. The molecule has 1 aromatic rings. The van der Waals surface area contributed by atoms with Gasteiger partial charge in [-0.2, -0.15) is 17.0 Å². The number of amides is 1. The molecule has 0 bridgehead atoms.